The Labute approximate surface area is 135 Å². The molecule has 3 atom stereocenters. The molecule has 0 saturated carbocycles. The van der Waals surface area contributed by atoms with Gasteiger partial charge in [-0.05, 0) is 44.1 Å². The fourth-order valence-electron chi connectivity index (χ4n) is 3.45. The van der Waals surface area contributed by atoms with E-state index in [-0.39, 0.29) is 0 Å². The molecule has 0 aromatic heterocycles. The van der Waals surface area contributed by atoms with E-state index in [1.165, 1.54) is 24.9 Å². The van der Waals surface area contributed by atoms with E-state index in [1.807, 2.05) is 0 Å². The molecule has 1 aliphatic rings. The summed E-state index contributed by atoms with van der Waals surface area (Å²) in [6.45, 7) is 8.22. The zero-order valence-corrected chi connectivity index (χ0v) is 14.2. The van der Waals surface area contributed by atoms with Gasteiger partial charge in [0.2, 0.25) is 0 Å². The normalized spacial score (nSPS) is 24.3. The summed E-state index contributed by atoms with van der Waals surface area (Å²) < 4.78 is 0. The van der Waals surface area contributed by atoms with Gasteiger partial charge < -0.3 is 10.4 Å². The highest BCUT2D eigenvalue weighted by Gasteiger charge is 2.28. The van der Waals surface area contributed by atoms with Crippen LogP contribution in [0.3, 0.4) is 0 Å². The Kier molecular flexibility index (Phi) is 7.37. The molecule has 1 aromatic rings. The highest BCUT2D eigenvalue weighted by molar-refractivity contribution is 5.14. The molecule has 2 rings (SSSR count). The quantitative estimate of drug-likeness (QED) is 0.775. The van der Waals surface area contributed by atoms with E-state index in [9.17, 15) is 0 Å². The van der Waals surface area contributed by atoms with Crippen molar-refractivity contribution < 1.29 is 5.11 Å². The first kappa shape index (κ1) is 17.5. The number of benzene rings is 1. The molecule has 3 heteroatoms. The molecule has 1 fully saturated rings. The number of rotatable bonds is 8. The van der Waals surface area contributed by atoms with Gasteiger partial charge in [-0.25, -0.2) is 0 Å². The average Bonchev–Trinajstić information content (AvgIpc) is 2.58. The number of aliphatic hydroxyl groups is 1. The van der Waals surface area contributed by atoms with Crippen molar-refractivity contribution in [3.63, 3.8) is 0 Å². The first-order valence-electron chi connectivity index (χ1n) is 8.85. The van der Waals surface area contributed by atoms with Gasteiger partial charge in [-0.3, -0.25) is 4.90 Å². The van der Waals surface area contributed by atoms with E-state index in [0.29, 0.717) is 24.6 Å². The average molecular weight is 304 g/mol. The lowest BCUT2D eigenvalue weighted by Gasteiger charge is -2.41. The first-order valence-corrected chi connectivity index (χ1v) is 8.85. The summed E-state index contributed by atoms with van der Waals surface area (Å²) in [6.07, 6.45) is 4.52. The highest BCUT2D eigenvalue weighted by atomic mass is 16.2. The fourth-order valence-corrected chi connectivity index (χ4v) is 3.45. The highest BCUT2D eigenvalue weighted by Crippen LogP contribution is 2.24. The summed E-state index contributed by atoms with van der Waals surface area (Å²) in [5.74, 6) is 0.711. The number of likely N-dealkylation sites (tertiary alicyclic amines) is 1. The first-order chi connectivity index (χ1) is 10.7. The van der Waals surface area contributed by atoms with Crippen molar-refractivity contribution in [3.05, 3.63) is 35.9 Å². The van der Waals surface area contributed by atoms with Crippen LogP contribution in [0.2, 0.25) is 0 Å². The fraction of sp³-hybridized carbons (Fsp3) is 0.684. The molecule has 0 spiro atoms. The van der Waals surface area contributed by atoms with Gasteiger partial charge >= 0.3 is 0 Å². The van der Waals surface area contributed by atoms with Crippen molar-refractivity contribution in [1.29, 1.82) is 0 Å². The maximum absolute atomic E-state index is 9.11. The van der Waals surface area contributed by atoms with Crippen LogP contribution in [-0.4, -0.2) is 41.8 Å². The van der Waals surface area contributed by atoms with Crippen molar-refractivity contribution in [1.82, 2.24) is 10.2 Å². The Balaban J connectivity index is 1.90. The monoisotopic (exact) mass is 304 g/mol. The second-order valence-corrected chi connectivity index (χ2v) is 6.74. The van der Waals surface area contributed by atoms with Gasteiger partial charge in [-0.15, -0.1) is 0 Å². The molecule has 0 radical (unpaired) electrons. The third-order valence-electron chi connectivity index (χ3n) is 4.99. The van der Waals surface area contributed by atoms with Crippen molar-refractivity contribution in [2.24, 2.45) is 5.92 Å². The van der Waals surface area contributed by atoms with E-state index in [2.05, 4.69) is 54.4 Å². The Morgan fingerprint density at radius 2 is 2.05 bits per heavy atom. The third kappa shape index (κ3) is 5.38. The molecule has 1 aliphatic heterocycles. The zero-order chi connectivity index (χ0) is 15.8. The molecular formula is C19H32N2O. The molecule has 1 saturated heterocycles. The summed E-state index contributed by atoms with van der Waals surface area (Å²) in [6, 6.07) is 11.9. The minimum absolute atomic E-state index is 0.321. The third-order valence-corrected chi connectivity index (χ3v) is 4.99. The van der Waals surface area contributed by atoms with Crippen LogP contribution in [0.15, 0.2) is 30.3 Å². The van der Waals surface area contributed by atoms with E-state index in [4.69, 9.17) is 5.11 Å². The summed E-state index contributed by atoms with van der Waals surface area (Å²) in [7, 11) is 0. The summed E-state index contributed by atoms with van der Waals surface area (Å²) in [4.78, 5) is 2.63. The maximum Gasteiger partial charge on any atom is 0.0431 e. The number of hydrogen-bond donors (Lipinski definition) is 2. The second kappa shape index (κ2) is 9.29. The molecule has 2 N–H and O–H groups in total. The van der Waals surface area contributed by atoms with Crippen LogP contribution in [0.1, 0.15) is 45.1 Å². The predicted molar refractivity (Wildman–Crippen MR) is 92.8 cm³/mol. The molecule has 124 valence electrons. The molecule has 0 aliphatic carbocycles. The van der Waals surface area contributed by atoms with Crippen LogP contribution in [0.4, 0.5) is 0 Å². The van der Waals surface area contributed by atoms with Gasteiger partial charge in [0.1, 0.15) is 0 Å². The summed E-state index contributed by atoms with van der Waals surface area (Å²) >= 11 is 0. The minimum Gasteiger partial charge on any atom is -0.396 e. The van der Waals surface area contributed by atoms with Crippen molar-refractivity contribution in [2.75, 3.05) is 19.7 Å². The number of nitrogens with zero attached hydrogens (tertiary/aromatic N) is 1. The Morgan fingerprint density at radius 1 is 1.27 bits per heavy atom. The molecule has 3 nitrogen and oxygen atoms in total. The van der Waals surface area contributed by atoms with Crippen LogP contribution in [0.5, 0.6) is 0 Å². The molecular weight excluding hydrogens is 272 g/mol. The largest absolute Gasteiger partial charge is 0.396 e. The van der Waals surface area contributed by atoms with E-state index < -0.39 is 0 Å². The molecule has 0 amide bonds. The molecule has 0 bridgehead atoms. The van der Waals surface area contributed by atoms with Crippen molar-refractivity contribution >= 4 is 0 Å². The zero-order valence-electron chi connectivity index (χ0n) is 14.2. The second-order valence-electron chi connectivity index (χ2n) is 6.74. The predicted octanol–water partition coefficient (Wildman–Crippen LogP) is 3.04. The van der Waals surface area contributed by atoms with Gasteiger partial charge in [-0.2, -0.15) is 0 Å². The van der Waals surface area contributed by atoms with E-state index in [1.54, 1.807) is 0 Å². The standard InChI is InChI=1S/C19H32N2O/c1-3-16(2)21-14-18(10-7-11-22)12-19(15-21)20-13-17-8-5-4-6-9-17/h4-6,8-9,16,18-20,22H,3,7,10-15H2,1-2H3. The van der Waals surface area contributed by atoms with Gasteiger partial charge in [0, 0.05) is 38.3 Å². The molecule has 3 unspecified atom stereocenters. The number of piperidine rings is 1. The lowest BCUT2D eigenvalue weighted by Crippen LogP contribution is -2.51. The topological polar surface area (TPSA) is 35.5 Å². The van der Waals surface area contributed by atoms with Crippen molar-refractivity contribution in [2.45, 2.75) is 58.2 Å². The smallest absolute Gasteiger partial charge is 0.0431 e. The van der Waals surface area contributed by atoms with Crippen LogP contribution >= 0.6 is 0 Å². The van der Waals surface area contributed by atoms with Crippen LogP contribution in [0, 0.1) is 5.92 Å². The Morgan fingerprint density at radius 3 is 2.73 bits per heavy atom. The van der Waals surface area contributed by atoms with Crippen LogP contribution < -0.4 is 5.32 Å². The minimum atomic E-state index is 0.321. The SMILES string of the molecule is CCC(C)N1CC(CCCO)CC(NCc2ccccc2)C1. The number of nitrogens with one attached hydrogen (secondary N) is 1. The van der Waals surface area contributed by atoms with E-state index in [0.717, 1.165) is 25.9 Å². The Hall–Kier alpha value is -0.900. The summed E-state index contributed by atoms with van der Waals surface area (Å²) in [5, 5.41) is 12.9. The van der Waals surface area contributed by atoms with Gasteiger partial charge in [0.25, 0.3) is 0 Å². The molecule has 1 heterocycles. The van der Waals surface area contributed by atoms with Gasteiger partial charge in [-0.1, -0.05) is 37.3 Å². The maximum atomic E-state index is 9.11. The Bertz CT molecular complexity index is 409. The number of aliphatic hydroxyl groups excluding tert-OH is 1. The summed E-state index contributed by atoms with van der Waals surface area (Å²) in [5.41, 5.74) is 1.36. The van der Waals surface area contributed by atoms with E-state index >= 15 is 0 Å². The molecule has 22 heavy (non-hydrogen) atoms. The van der Waals surface area contributed by atoms with Crippen LogP contribution in [0.25, 0.3) is 0 Å². The van der Waals surface area contributed by atoms with Crippen molar-refractivity contribution in [3.8, 4) is 0 Å². The van der Waals surface area contributed by atoms with Gasteiger partial charge in [0.15, 0.2) is 0 Å². The lowest BCUT2D eigenvalue weighted by atomic mass is 9.89. The molecule has 1 aromatic carbocycles. The van der Waals surface area contributed by atoms with Crippen LogP contribution in [-0.2, 0) is 6.54 Å². The lowest BCUT2D eigenvalue weighted by molar-refractivity contribution is 0.0941. The van der Waals surface area contributed by atoms with Gasteiger partial charge in [0.05, 0.1) is 0 Å². The number of hydrogen-bond acceptors (Lipinski definition) is 3.